The van der Waals surface area contributed by atoms with Crippen LogP contribution in [-0.2, 0) is 9.53 Å². The van der Waals surface area contributed by atoms with Crippen molar-refractivity contribution in [3.8, 4) is 0 Å². The number of methoxy groups -OCH3 is 1. The van der Waals surface area contributed by atoms with Gasteiger partial charge in [0, 0.05) is 18.7 Å². The van der Waals surface area contributed by atoms with Gasteiger partial charge in [-0.3, -0.25) is 14.9 Å². The first-order valence-electron chi connectivity index (χ1n) is 5.67. The third kappa shape index (κ3) is 2.48. The van der Waals surface area contributed by atoms with Crippen LogP contribution in [-0.4, -0.2) is 30.6 Å². The molecule has 1 aliphatic rings. The maximum atomic E-state index is 11.4. The minimum absolute atomic E-state index is 0.0778. The molecule has 0 aromatic heterocycles. The summed E-state index contributed by atoms with van der Waals surface area (Å²) < 4.78 is 4.67. The summed E-state index contributed by atoms with van der Waals surface area (Å²) in [6.07, 6.45) is 0.605. The number of nitrogens with one attached hydrogen (secondary N) is 1. The van der Waals surface area contributed by atoms with E-state index in [1.165, 1.54) is 13.2 Å². The van der Waals surface area contributed by atoms with E-state index in [2.05, 4.69) is 10.1 Å². The van der Waals surface area contributed by atoms with Gasteiger partial charge in [-0.2, -0.15) is 0 Å². The molecule has 2 atom stereocenters. The maximum Gasteiger partial charge on any atom is 0.322 e. The molecule has 1 aromatic rings. The Morgan fingerprint density at radius 1 is 1.56 bits per heavy atom. The first kappa shape index (κ1) is 12.5. The Labute approximate surface area is 104 Å². The number of esters is 1. The fraction of sp³-hybridized carbons (Fsp3) is 0.417. The van der Waals surface area contributed by atoms with Gasteiger partial charge in [-0.25, -0.2) is 0 Å². The van der Waals surface area contributed by atoms with Gasteiger partial charge in [-0.05, 0) is 17.9 Å². The van der Waals surface area contributed by atoms with Crippen LogP contribution in [0.3, 0.4) is 0 Å². The summed E-state index contributed by atoms with van der Waals surface area (Å²) in [5.74, 6) is -0.183. The Hall–Kier alpha value is -1.95. The number of rotatable bonds is 3. The highest BCUT2D eigenvalue weighted by molar-refractivity contribution is 5.76. The van der Waals surface area contributed by atoms with Gasteiger partial charge in [-0.15, -0.1) is 0 Å². The molecule has 0 aliphatic carbocycles. The predicted octanol–water partition coefficient (Wildman–Crippen LogP) is 1.21. The summed E-state index contributed by atoms with van der Waals surface area (Å²) in [6, 6.07) is 6.22. The van der Waals surface area contributed by atoms with Crippen molar-refractivity contribution in [1.29, 1.82) is 0 Å². The Kier molecular flexibility index (Phi) is 3.57. The van der Waals surface area contributed by atoms with Gasteiger partial charge in [0.05, 0.1) is 12.0 Å². The average Bonchev–Trinajstić information content (AvgIpc) is 2.87. The first-order valence-corrected chi connectivity index (χ1v) is 5.67. The number of benzene rings is 1. The molecule has 0 saturated carbocycles. The molecular formula is C12H14N2O4. The van der Waals surface area contributed by atoms with Gasteiger partial charge in [0.25, 0.3) is 5.69 Å². The van der Waals surface area contributed by atoms with Crippen LogP contribution in [0.5, 0.6) is 0 Å². The number of nitro benzene ring substituents is 1. The summed E-state index contributed by atoms with van der Waals surface area (Å²) in [5, 5.41) is 13.8. The molecule has 0 amide bonds. The Balaban J connectivity index is 2.12. The third-order valence-corrected chi connectivity index (χ3v) is 3.17. The fourth-order valence-corrected chi connectivity index (χ4v) is 2.20. The monoisotopic (exact) mass is 250 g/mol. The van der Waals surface area contributed by atoms with Crippen LogP contribution in [0, 0.1) is 10.1 Å². The molecular weight excluding hydrogens is 236 g/mol. The van der Waals surface area contributed by atoms with Crippen molar-refractivity contribution in [3.05, 3.63) is 39.9 Å². The molecule has 1 aromatic carbocycles. The van der Waals surface area contributed by atoms with Gasteiger partial charge >= 0.3 is 5.97 Å². The van der Waals surface area contributed by atoms with E-state index >= 15 is 0 Å². The Bertz CT molecular complexity index is 475. The summed E-state index contributed by atoms with van der Waals surface area (Å²) in [4.78, 5) is 21.7. The number of nitrogens with zero attached hydrogens (tertiary/aromatic N) is 1. The van der Waals surface area contributed by atoms with Crippen LogP contribution < -0.4 is 5.32 Å². The van der Waals surface area contributed by atoms with Gasteiger partial charge < -0.3 is 10.1 Å². The van der Waals surface area contributed by atoms with Crippen molar-refractivity contribution in [2.45, 2.75) is 18.4 Å². The normalized spacial score (nSPS) is 22.7. The van der Waals surface area contributed by atoms with E-state index in [0.29, 0.717) is 13.0 Å². The lowest BCUT2D eigenvalue weighted by Crippen LogP contribution is -2.31. The lowest BCUT2D eigenvalue weighted by atomic mass is 9.96. The van der Waals surface area contributed by atoms with E-state index in [9.17, 15) is 14.9 Å². The molecule has 18 heavy (non-hydrogen) atoms. The smallest absolute Gasteiger partial charge is 0.322 e. The Morgan fingerprint density at radius 2 is 2.33 bits per heavy atom. The lowest BCUT2D eigenvalue weighted by Gasteiger charge is -2.09. The van der Waals surface area contributed by atoms with E-state index in [0.717, 1.165) is 5.56 Å². The zero-order valence-corrected chi connectivity index (χ0v) is 9.96. The second kappa shape index (κ2) is 5.14. The molecule has 0 bridgehead atoms. The van der Waals surface area contributed by atoms with Crippen molar-refractivity contribution in [2.75, 3.05) is 13.7 Å². The molecule has 0 radical (unpaired) electrons. The summed E-state index contributed by atoms with van der Waals surface area (Å²) >= 11 is 0. The van der Waals surface area contributed by atoms with Crippen molar-refractivity contribution < 1.29 is 14.5 Å². The predicted molar refractivity (Wildman–Crippen MR) is 64.3 cm³/mol. The molecule has 6 heteroatoms. The SMILES string of the molecule is COC(=O)C1CC(c2cccc([N+](=O)[O-])c2)CN1. The second-order valence-electron chi connectivity index (χ2n) is 4.27. The molecule has 1 saturated heterocycles. The highest BCUT2D eigenvalue weighted by atomic mass is 16.6. The van der Waals surface area contributed by atoms with Crippen LogP contribution >= 0.6 is 0 Å². The molecule has 96 valence electrons. The van der Waals surface area contributed by atoms with Crippen LogP contribution in [0.1, 0.15) is 17.9 Å². The van der Waals surface area contributed by atoms with Gasteiger partial charge in [0.15, 0.2) is 0 Å². The van der Waals surface area contributed by atoms with Crippen molar-refractivity contribution >= 4 is 11.7 Å². The third-order valence-electron chi connectivity index (χ3n) is 3.17. The van der Waals surface area contributed by atoms with E-state index in [-0.39, 0.29) is 23.6 Å². The first-order chi connectivity index (χ1) is 8.61. The van der Waals surface area contributed by atoms with Crippen molar-refractivity contribution in [2.24, 2.45) is 0 Å². The molecule has 1 heterocycles. The Morgan fingerprint density at radius 3 is 3.00 bits per heavy atom. The largest absolute Gasteiger partial charge is 0.468 e. The van der Waals surface area contributed by atoms with E-state index < -0.39 is 4.92 Å². The minimum Gasteiger partial charge on any atom is -0.468 e. The topological polar surface area (TPSA) is 81.5 Å². The number of hydrogen-bond acceptors (Lipinski definition) is 5. The summed E-state index contributed by atoms with van der Waals surface area (Å²) in [7, 11) is 1.35. The molecule has 1 aliphatic heterocycles. The van der Waals surface area contributed by atoms with Crippen molar-refractivity contribution in [1.82, 2.24) is 5.32 Å². The summed E-state index contributed by atoms with van der Waals surface area (Å²) in [5.41, 5.74) is 0.956. The highest BCUT2D eigenvalue weighted by Gasteiger charge is 2.31. The lowest BCUT2D eigenvalue weighted by molar-refractivity contribution is -0.384. The zero-order chi connectivity index (χ0) is 13.1. The number of carbonyl (C=O) groups excluding carboxylic acids is 1. The van der Waals surface area contributed by atoms with Crippen LogP contribution in [0.15, 0.2) is 24.3 Å². The minimum atomic E-state index is -0.413. The number of non-ortho nitro benzene ring substituents is 1. The average molecular weight is 250 g/mol. The standard InChI is InChI=1S/C12H14N2O4/c1-18-12(15)11-6-9(7-13-11)8-3-2-4-10(5-8)14(16)17/h2-5,9,11,13H,6-7H2,1H3. The molecule has 1 N–H and O–H groups in total. The zero-order valence-electron chi connectivity index (χ0n) is 9.96. The molecule has 2 unspecified atom stereocenters. The van der Waals surface area contributed by atoms with Gasteiger partial charge in [0.2, 0.25) is 0 Å². The number of hydrogen-bond donors (Lipinski definition) is 1. The molecule has 2 rings (SSSR count). The molecule has 6 nitrogen and oxygen atoms in total. The molecule has 1 fully saturated rings. The highest BCUT2D eigenvalue weighted by Crippen LogP contribution is 2.28. The quantitative estimate of drug-likeness (QED) is 0.495. The second-order valence-corrected chi connectivity index (χ2v) is 4.27. The van der Waals surface area contributed by atoms with Gasteiger partial charge in [0.1, 0.15) is 6.04 Å². The van der Waals surface area contributed by atoms with E-state index in [1.807, 2.05) is 6.07 Å². The van der Waals surface area contributed by atoms with Crippen LogP contribution in [0.4, 0.5) is 5.69 Å². The van der Waals surface area contributed by atoms with E-state index in [4.69, 9.17) is 0 Å². The number of nitro groups is 1. The molecule has 0 spiro atoms. The van der Waals surface area contributed by atoms with E-state index in [1.54, 1.807) is 12.1 Å². The fourth-order valence-electron chi connectivity index (χ4n) is 2.20. The summed E-state index contributed by atoms with van der Waals surface area (Å²) in [6.45, 7) is 0.626. The maximum absolute atomic E-state index is 11.4. The number of carbonyl (C=O) groups is 1. The van der Waals surface area contributed by atoms with Crippen LogP contribution in [0.25, 0.3) is 0 Å². The van der Waals surface area contributed by atoms with Crippen molar-refractivity contribution in [3.63, 3.8) is 0 Å². The van der Waals surface area contributed by atoms with Gasteiger partial charge in [-0.1, -0.05) is 12.1 Å². The van der Waals surface area contributed by atoms with Crippen LogP contribution in [0.2, 0.25) is 0 Å². The number of ether oxygens (including phenoxy) is 1.